The maximum atomic E-state index is 13.9. The third-order valence-corrected chi connectivity index (χ3v) is 8.58. The molecule has 0 radical (unpaired) electrons. The summed E-state index contributed by atoms with van der Waals surface area (Å²) in [4.78, 5) is 20.8. The fourth-order valence-electron chi connectivity index (χ4n) is 5.83. The van der Waals surface area contributed by atoms with Crippen LogP contribution in [-0.4, -0.2) is 42.5 Å². The molecule has 0 N–H and O–H groups in total. The monoisotopic (exact) mass is 504 g/mol. The third-order valence-electron chi connectivity index (χ3n) is 7.41. The molecule has 1 fully saturated rings. The number of aliphatic imine (C=N–C) groups is 1. The first kappa shape index (κ1) is 23.0. The molecule has 1 amide bonds. The minimum atomic E-state index is -0.931. The summed E-state index contributed by atoms with van der Waals surface area (Å²) < 4.78 is 11.8. The molecule has 0 bridgehead atoms. The minimum absolute atomic E-state index is 0.0458. The molecule has 1 aliphatic heterocycles. The van der Waals surface area contributed by atoms with Gasteiger partial charge in [-0.2, -0.15) is 0 Å². The molecule has 0 aromatic heterocycles. The number of nitrogens with zero attached hydrogens (tertiary/aromatic N) is 2. The molecule has 1 unspecified atom stereocenters. The van der Waals surface area contributed by atoms with Crippen LogP contribution < -0.4 is 4.74 Å². The van der Waals surface area contributed by atoms with Crippen LogP contribution in [0.25, 0.3) is 0 Å². The number of hydrogen-bond acceptors (Lipinski definition) is 5. The highest BCUT2D eigenvalue weighted by molar-refractivity contribution is 8.13. The number of carbonyl (C=O) groups is 1. The first-order chi connectivity index (χ1) is 15.8. The van der Waals surface area contributed by atoms with Crippen LogP contribution >= 0.6 is 35.0 Å². The van der Waals surface area contributed by atoms with Crippen LogP contribution in [0.3, 0.4) is 0 Å². The lowest BCUT2D eigenvalue weighted by Gasteiger charge is -2.45. The molecule has 33 heavy (non-hydrogen) atoms. The molecular weight excluding hydrogens is 479 g/mol. The van der Waals surface area contributed by atoms with E-state index in [2.05, 4.69) is 6.07 Å². The minimum Gasteiger partial charge on any atom is -0.457 e. The van der Waals surface area contributed by atoms with Crippen molar-refractivity contribution in [2.24, 2.45) is 10.4 Å². The van der Waals surface area contributed by atoms with Gasteiger partial charge in [-0.25, -0.2) is 4.99 Å². The van der Waals surface area contributed by atoms with Crippen LogP contribution in [0.15, 0.2) is 41.4 Å². The smallest absolute Gasteiger partial charge is 0.261 e. The molecule has 1 saturated carbocycles. The highest BCUT2D eigenvalue weighted by atomic mass is 35.5. The van der Waals surface area contributed by atoms with Gasteiger partial charge in [0.05, 0.1) is 6.10 Å². The van der Waals surface area contributed by atoms with Gasteiger partial charge in [-0.3, -0.25) is 9.69 Å². The maximum absolute atomic E-state index is 13.9. The van der Waals surface area contributed by atoms with Gasteiger partial charge < -0.3 is 9.47 Å². The maximum Gasteiger partial charge on any atom is 0.261 e. The van der Waals surface area contributed by atoms with E-state index in [0.717, 1.165) is 48.4 Å². The fraction of sp³-hybridized carbons (Fsp3) is 0.440. The average molecular weight is 505 g/mol. The van der Waals surface area contributed by atoms with Gasteiger partial charge >= 0.3 is 0 Å². The number of halogens is 2. The molecule has 2 spiro atoms. The number of carbonyl (C=O) groups excluding carboxylic acids is 1. The summed E-state index contributed by atoms with van der Waals surface area (Å²) in [6.45, 7) is 0. The van der Waals surface area contributed by atoms with Crippen LogP contribution in [0, 0.1) is 5.41 Å². The Kier molecular flexibility index (Phi) is 5.93. The number of ether oxygens (including phenoxy) is 2. The van der Waals surface area contributed by atoms with Crippen LogP contribution in [-0.2, 0) is 21.5 Å². The van der Waals surface area contributed by atoms with Crippen molar-refractivity contribution in [2.75, 3.05) is 20.4 Å². The number of fused-ring (bicyclic) bond motifs is 3. The van der Waals surface area contributed by atoms with Gasteiger partial charge in [0.15, 0.2) is 10.7 Å². The molecular formula is C25H26Cl2N2O3S. The molecule has 2 aliphatic carbocycles. The fourth-order valence-corrected chi connectivity index (χ4v) is 6.92. The molecule has 8 heteroatoms. The summed E-state index contributed by atoms with van der Waals surface area (Å²) in [7, 11) is 3.60. The summed E-state index contributed by atoms with van der Waals surface area (Å²) in [6, 6.07) is 11.1. The van der Waals surface area contributed by atoms with E-state index in [-0.39, 0.29) is 17.4 Å². The Morgan fingerprint density at radius 1 is 1.09 bits per heavy atom. The first-order valence-electron chi connectivity index (χ1n) is 11.0. The van der Waals surface area contributed by atoms with E-state index in [1.54, 1.807) is 30.2 Å². The number of rotatable bonds is 3. The largest absolute Gasteiger partial charge is 0.457 e. The van der Waals surface area contributed by atoms with Crippen molar-refractivity contribution < 1.29 is 14.3 Å². The lowest BCUT2D eigenvalue weighted by atomic mass is 9.61. The zero-order chi connectivity index (χ0) is 23.4. The van der Waals surface area contributed by atoms with Gasteiger partial charge in [0.25, 0.3) is 5.91 Å². The zero-order valence-electron chi connectivity index (χ0n) is 18.9. The van der Waals surface area contributed by atoms with E-state index in [0.29, 0.717) is 21.5 Å². The lowest BCUT2D eigenvalue weighted by Crippen LogP contribution is -2.51. The second-order valence-corrected chi connectivity index (χ2v) is 10.7. The Morgan fingerprint density at radius 2 is 1.79 bits per heavy atom. The molecule has 1 atom stereocenters. The van der Waals surface area contributed by atoms with Gasteiger partial charge in [-0.15, -0.1) is 0 Å². The normalized spacial score (nSPS) is 28.5. The number of amides is 1. The number of likely N-dealkylation sites (N-methyl/N-ethyl adjacent to an activating group) is 1. The number of methoxy groups -OCH3 is 1. The van der Waals surface area contributed by atoms with E-state index in [1.807, 2.05) is 25.4 Å². The molecule has 1 heterocycles. The van der Waals surface area contributed by atoms with Crippen molar-refractivity contribution in [2.45, 2.75) is 43.7 Å². The molecule has 0 saturated heterocycles. The van der Waals surface area contributed by atoms with Gasteiger partial charge in [-0.05, 0) is 79.8 Å². The number of benzene rings is 2. The first-order valence-corrected chi connectivity index (χ1v) is 13.0. The summed E-state index contributed by atoms with van der Waals surface area (Å²) in [6.07, 6.45) is 6.67. The number of hydrogen-bond donors (Lipinski definition) is 0. The molecule has 3 aliphatic rings. The van der Waals surface area contributed by atoms with E-state index in [9.17, 15) is 4.79 Å². The van der Waals surface area contributed by atoms with Gasteiger partial charge in [0.2, 0.25) is 0 Å². The van der Waals surface area contributed by atoms with Crippen LogP contribution in [0.5, 0.6) is 11.5 Å². The Labute approximate surface area is 208 Å². The quantitative estimate of drug-likeness (QED) is 0.491. The molecule has 2 aromatic carbocycles. The van der Waals surface area contributed by atoms with E-state index >= 15 is 0 Å². The van der Waals surface area contributed by atoms with Gasteiger partial charge in [0, 0.05) is 29.6 Å². The Hall–Kier alpha value is -1.73. The Morgan fingerprint density at radius 3 is 2.39 bits per heavy atom. The topological polar surface area (TPSA) is 51.1 Å². The molecule has 5 rings (SSSR count). The van der Waals surface area contributed by atoms with Gasteiger partial charge in [0.1, 0.15) is 11.5 Å². The van der Waals surface area contributed by atoms with Crippen LogP contribution in [0.4, 0.5) is 0 Å². The van der Waals surface area contributed by atoms with E-state index < -0.39 is 5.54 Å². The van der Waals surface area contributed by atoms with Crippen molar-refractivity contribution in [3.8, 4) is 11.5 Å². The summed E-state index contributed by atoms with van der Waals surface area (Å²) >= 11 is 13.8. The van der Waals surface area contributed by atoms with E-state index in [1.165, 1.54) is 11.8 Å². The van der Waals surface area contributed by atoms with Crippen molar-refractivity contribution in [3.63, 3.8) is 0 Å². The standard InChI is InChI=1S/C25H26Cl2N2O3S/c1-29-22(30)25(28-23(29)33-3)21-13-19(32-20-11-16(26)10-17(27)12-20)5-4-15(21)14-24(25)8-6-18(31-2)7-9-24/h4-5,10-13,18H,6-9,14H2,1-3H3. The van der Waals surface area contributed by atoms with Crippen LogP contribution in [0.1, 0.15) is 36.8 Å². The number of thioether (sulfide) groups is 1. The summed E-state index contributed by atoms with van der Waals surface area (Å²) in [5.74, 6) is 1.24. The summed E-state index contributed by atoms with van der Waals surface area (Å²) in [5, 5.41) is 1.77. The zero-order valence-corrected chi connectivity index (χ0v) is 21.2. The molecule has 174 valence electrons. The highest BCUT2D eigenvalue weighted by Crippen LogP contribution is 2.62. The van der Waals surface area contributed by atoms with Crippen molar-refractivity contribution in [3.05, 3.63) is 57.6 Å². The molecule has 2 aromatic rings. The second-order valence-electron chi connectivity index (χ2n) is 9.09. The van der Waals surface area contributed by atoms with Gasteiger partial charge in [-0.1, -0.05) is 41.0 Å². The summed E-state index contributed by atoms with van der Waals surface area (Å²) in [5.41, 5.74) is 0.921. The number of amidine groups is 1. The Balaban J connectivity index is 1.60. The van der Waals surface area contributed by atoms with Crippen molar-refractivity contribution in [1.29, 1.82) is 0 Å². The third kappa shape index (κ3) is 3.57. The predicted molar refractivity (Wildman–Crippen MR) is 134 cm³/mol. The van der Waals surface area contributed by atoms with E-state index in [4.69, 9.17) is 37.7 Å². The average Bonchev–Trinajstić information content (AvgIpc) is 3.20. The predicted octanol–water partition coefficient (Wildman–Crippen LogP) is 6.30. The Bertz CT molecular complexity index is 1130. The SMILES string of the molecule is COC1CCC2(CC1)Cc1ccc(Oc3cc(Cl)cc(Cl)c3)cc1C21N=C(SC)N(C)C1=O. The second kappa shape index (κ2) is 8.49. The lowest BCUT2D eigenvalue weighted by molar-refractivity contribution is -0.137. The molecule has 5 nitrogen and oxygen atoms in total. The van der Waals surface area contributed by atoms with Crippen molar-refractivity contribution in [1.82, 2.24) is 4.90 Å². The van der Waals surface area contributed by atoms with Crippen LogP contribution in [0.2, 0.25) is 10.0 Å². The van der Waals surface area contributed by atoms with Crippen molar-refractivity contribution >= 4 is 46.0 Å². The highest BCUT2D eigenvalue weighted by Gasteiger charge is 2.66.